The number of hydrogen-bond acceptors (Lipinski definition) is 11. The molecule has 0 saturated carbocycles. The van der Waals surface area contributed by atoms with Crippen molar-refractivity contribution in [3.63, 3.8) is 0 Å². The van der Waals surface area contributed by atoms with Gasteiger partial charge in [0.05, 0.1) is 25.6 Å². The lowest BCUT2D eigenvalue weighted by Crippen LogP contribution is -2.53. The number of aliphatic hydroxyl groups excluding tert-OH is 1. The largest absolute Gasteiger partial charge is 0.497 e. The standard InChI is InChI=1S/C43H39N5O7/c1-5-42-38(53-40(2,3)55-42)41(25-49,26-52-37(50)29-15-9-6-10-16-29)54-39(42)48-28-46-34-35(44-27-45-36(34)48)47-43(30-17-11-7-12-18-30,31-19-13-8-14-20-31)32-21-23-33(51-4)24-22-32/h1,6-24,27-28,38-39,49H,25-26H2,2-4H3,(H,44,45,47)/t38-,39-,41+,42-/m1/s1. The van der Waals surface area contributed by atoms with E-state index in [1.807, 2.05) is 60.7 Å². The first-order chi connectivity index (χ1) is 26.7. The first kappa shape index (κ1) is 35.9. The molecule has 8 rings (SSSR count). The van der Waals surface area contributed by atoms with Gasteiger partial charge in [0.25, 0.3) is 0 Å². The Labute approximate surface area is 318 Å². The summed E-state index contributed by atoms with van der Waals surface area (Å²) in [4.78, 5) is 27.3. The Morgan fingerprint density at radius 1 is 0.891 bits per heavy atom. The zero-order valence-electron chi connectivity index (χ0n) is 30.5. The Morgan fingerprint density at radius 2 is 1.51 bits per heavy atom. The third-order valence-electron chi connectivity index (χ3n) is 10.2. The van der Waals surface area contributed by atoms with Crippen molar-refractivity contribution in [3.05, 3.63) is 150 Å². The Hall–Kier alpha value is -6.10. The van der Waals surface area contributed by atoms with Crippen molar-refractivity contribution in [3.8, 4) is 18.1 Å². The average molecular weight is 738 g/mol. The molecule has 4 atom stereocenters. The number of nitrogens with one attached hydrogen (secondary N) is 1. The van der Waals surface area contributed by atoms with E-state index in [-0.39, 0.29) is 6.61 Å². The van der Waals surface area contributed by atoms with Crippen LogP contribution in [0, 0.1) is 12.3 Å². The van der Waals surface area contributed by atoms with Gasteiger partial charge in [-0.3, -0.25) is 4.57 Å². The van der Waals surface area contributed by atoms with E-state index in [0.29, 0.717) is 28.3 Å². The van der Waals surface area contributed by atoms with E-state index < -0.39 is 47.4 Å². The number of ether oxygens (including phenoxy) is 5. The number of aromatic nitrogens is 4. The van der Waals surface area contributed by atoms with E-state index in [9.17, 15) is 9.90 Å². The fourth-order valence-corrected chi connectivity index (χ4v) is 7.69. The summed E-state index contributed by atoms with van der Waals surface area (Å²) in [6.45, 7) is 2.46. The van der Waals surface area contributed by atoms with Gasteiger partial charge in [0.2, 0.25) is 5.60 Å². The molecule has 0 amide bonds. The number of carbonyl (C=O) groups is 1. The Balaban J connectivity index is 1.24. The van der Waals surface area contributed by atoms with Crippen LogP contribution in [-0.4, -0.2) is 74.0 Å². The molecule has 2 aliphatic heterocycles. The lowest BCUT2D eigenvalue weighted by Gasteiger charge is -2.37. The number of terminal acetylenes is 1. The van der Waals surface area contributed by atoms with Crippen LogP contribution in [0.15, 0.2) is 128 Å². The average Bonchev–Trinajstić information content (AvgIpc) is 3.87. The molecule has 12 heteroatoms. The third kappa shape index (κ3) is 5.98. The van der Waals surface area contributed by atoms with E-state index in [4.69, 9.17) is 40.1 Å². The maximum Gasteiger partial charge on any atom is 0.338 e. The summed E-state index contributed by atoms with van der Waals surface area (Å²) >= 11 is 0. The number of rotatable bonds is 11. The predicted octanol–water partition coefficient (Wildman–Crippen LogP) is 5.88. The monoisotopic (exact) mass is 737 g/mol. The van der Waals surface area contributed by atoms with Crippen LogP contribution in [0.1, 0.15) is 47.1 Å². The Kier molecular flexibility index (Phi) is 9.11. The van der Waals surface area contributed by atoms with Crippen LogP contribution in [0.3, 0.4) is 0 Å². The first-order valence-corrected chi connectivity index (χ1v) is 17.8. The molecule has 278 valence electrons. The van der Waals surface area contributed by atoms with E-state index in [1.54, 1.807) is 62.2 Å². The molecule has 2 fully saturated rings. The summed E-state index contributed by atoms with van der Waals surface area (Å²) in [5.74, 6) is 2.14. The summed E-state index contributed by atoms with van der Waals surface area (Å²) in [5.41, 5.74) is -0.255. The molecule has 0 spiro atoms. The number of benzene rings is 4. The Morgan fingerprint density at radius 3 is 2.11 bits per heavy atom. The van der Waals surface area contributed by atoms with Crippen molar-refractivity contribution in [2.45, 2.75) is 48.7 Å². The Bertz CT molecular complexity index is 2310. The van der Waals surface area contributed by atoms with Gasteiger partial charge in [-0.25, -0.2) is 19.7 Å². The van der Waals surface area contributed by atoms with Gasteiger partial charge in [-0.2, -0.15) is 0 Å². The highest BCUT2D eigenvalue weighted by Crippen LogP contribution is 2.55. The summed E-state index contributed by atoms with van der Waals surface area (Å²) in [6, 6.07) is 36.6. The van der Waals surface area contributed by atoms with Gasteiger partial charge in [-0.15, -0.1) is 6.42 Å². The lowest BCUT2D eigenvalue weighted by molar-refractivity contribution is -0.239. The fraction of sp³-hybridized carbons (Fsp3) is 0.256. The molecule has 4 heterocycles. The molecule has 55 heavy (non-hydrogen) atoms. The molecule has 4 aromatic carbocycles. The van der Waals surface area contributed by atoms with Gasteiger partial charge in [0, 0.05) is 0 Å². The van der Waals surface area contributed by atoms with Crippen molar-refractivity contribution in [1.29, 1.82) is 0 Å². The van der Waals surface area contributed by atoms with Crippen LogP contribution in [0.2, 0.25) is 0 Å². The van der Waals surface area contributed by atoms with E-state index >= 15 is 0 Å². The number of aliphatic hydroxyl groups is 1. The molecule has 2 aliphatic rings. The quantitative estimate of drug-likeness (QED) is 0.0937. The van der Waals surface area contributed by atoms with Crippen LogP contribution in [0.4, 0.5) is 5.82 Å². The number of esters is 1. The maximum absolute atomic E-state index is 13.1. The van der Waals surface area contributed by atoms with Crippen LogP contribution < -0.4 is 10.1 Å². The van der Waals surface area contributed by atoms with Crippen LogP contribution in [0.25, 0.3) is 11.2 Å². The molecular formula is C43H39N5O7. The number of fused-ring (bicyclic) bond motifs is 2. The molecule has 2 saturated heterocycles. The molecule has 0 radical (unpaired) electrons. The van der Waals surface area contributed by atoms with Crippen LogP contribution in [-0.2, 0) is 24.5 Å². The smallest absolute Gasteiger partial charge is 0.338 e. The number of carbonyl (C=O) groups excluding carboxylic acids is 1. The minimum atomic E-state index is -1.62. The zero-order chi connectivity index (χ0) is 38.3. The summed E-state index contributed by atoms with van der Waals surface area (Å²) in [5, 5.41) is 14.8. The molecule has 2 N–H and O–H groups in total. The molecular weight excluding hydrogens is 699 g/mol. The van der Waals surface area contributed by atoms with Gasteiger partial charge >= 0.3 is 5.97 Å². The highest BCUT2D eigenvalue weighted by Gasteiger charge is 2.72. The highest BCUT2D eigenvalue weighted by atomic mass is 16.8. The first-order valence-electron chi connectivity index (χ1n) is 17.8. The van der Waals surface area contributed by atoms with Gasteiger partial charge in [0.15, 0.2) is 34.6 Å². The minimum absolute atomic E-state index is 0.339. The second-order valence-electron chi connectivity index (χ2n) is 14.0. The highest BCUT2D eigenvalue weighted by molar-refractivity contribution is 5.89. The number of methoxy groups -OCH3 is 1. The van der Waals surface area contributed by atoms with Crippen molar-refractivity contribution >= 4 is 23.0 Å². The second kappa shape index (κ2) is 14.0. The van der Waals surface area contributed by atoms with Gasteiger partial charge < -0.3 is 34.1 Å². The number of anilines is 1. The lowest BCUT2D eigenvalue weighted by atomic mass is 9.77. The van der Waals surface area contributed by atoms with E-state index in [0.717, 1.165) is 16.7 Å². The van der Waals surface area contributed by atoms with Gasteiger partial charge in [-0.1, -0.05) is 96.9 Å². The molecule has 0 unspecified atom stereocenters. The molecule has 0 aliphatic carbocycles. The van der Waals surface area contributed by atoms with Crippen molar-refractivity contribution in [2.24, 2.45) is 0 Å². The summed E-state index contributed by atoms with van der Waals surface area (Å²) in [6.07, 6.45) is 7.10. The van der Waals surface area contributed by atoms with Crippen molar-refractivity contribution in [1.82, 2.24) is 19.5 Å². The number of hydrogen-bond donors (Lipinski definition) is 2. The molecule has 2 aromatic heterocycles. The van der Waals surface area contributed by atoms with E-state index in [2.05, 4.69) is 40.5 Å². The van der Waals surface area contributed by atoms with E-state index in [1.165, 1.54) is 6.33 Å². The topological polar surface area (TPSA) is 139 Å². The van der Waals surface area contributed by atoms with Crippen LogP contribution >= 0.6 is 0 Å². The molecule has 6 aromatic rings. The van der Waals surface area contributed by atoms with Crippen LogP contribution in [0.5, 0.6) is 5.75 Å². The third-order valence-corrected chi connectivity index (χ3v) is 10.2. The summed E-state index contributed by atoms with van der Waals surface area (Å²) < 4.78 is 32.4. The summed E-state index contributed by atoms with van der Waals surface area (Å²) in [7, 11) is 1.63. The predicted molar refractivity (Wildman–Crippen MR) is 203 cm³/mol. The molecule has 12 nitrogen and oxygen atoms in total. The fourth-order valence-electron chi connectivity index (χ4n) is 7.69. The zero-order valence-corrected chi connectivity index (χ0v) is 30.5. The van der Waals surface area contributed by atoms with Crippen molar-refractivity contribution in [2.75, 3.05) is 25.6 Å². The number of imidazole rings is 1. The normalized spacial score (nSPS) is 22.8. The minimum Gasteiger partial charge on any atom is -0.497 e. The van der Waals surface area contributed by atoms with Crippen molar-refractivity contribution < 1.29 is 33.6 Å². The van der Waals surface area contributed by atoms with Gasteiger partial charge in [0.1, 0.15) is 30.3 Å². The SMILES string of the molecule is C#C[C@@]12OC(C)(C)O[C@@H]1[C@](CO)(COC(=O)c1ccccc1)O[C@H]2n1cnc2c(NC(c3ccccc3)(c3ccccc3)c3ccc(OC)cc3)ncnc21. The maximum atomic E-state index is 13.1. The van der Waals surface area contributed by atoms with Gasteiger partial charge in [-0.05, 0) is 54.8 Å². The molecule has 0 bridgehead atoms. The second-order valence-corrected chi connectivity index (χ2v) is 14.0. The number of nitrogens with zero attached hydrogens (tertiary/aromatic N) is 4.